The number of fused-ring (bicyclic) bond motifs is 3. The van der Waals surface area contributed by atoms with Crippen molar-refractivity contribution in [1.82, 2.24) is 15.0 Å². The predicted octanol–water partition coefficient (Wildman–Crippen LogP) is 20.1. The number of aromatic nitrogens is 3. The molecule has 0 unspecified atom stereocenters. The monoisotopic (exact) mass is 1230 g/mol. The van der Waals surface area contributed by atoms with Crippen LogP contribution < -0.4 is 0 Å². The van der Waals surface area contributed by atoms with Gasteiger partial charge >= 0.3 is 20.1 Å². The molecule has 0 bridgehead atoms. The maximum Gasteiger partial charge on any atom is 3.00 e. The number of furan rings is 1. The summed E-state index contributed by atoms with van der Waals surface area (Å²) in [6, 6.07) is 94.5. The molecule has 4 heterocycles. The first kappa shape index (κ1) is 44.9. The Hall–Kier alpha value is -9.90. The van der Waals surface area contributed by atoms with Gasteiger partial charge in [-0.1, -0.05) is 185 Å². The van der Waals surface area contributed by atoms with Crippen LogP contribution in [0.5, 0.6) is 0 Å². The molecule has 82 heavy (non-hydrogen) atoms. The van der Waals surface area contributed by atoms with Crippen LogP contribution in [0.3, 0.4) is 0 Å². The van der Waals surface area contributed by atoms with Gasteiger partial charge in [0.25, 0.3) is 0 Å². The quantitative estimate of drug-likeness (QED) is 0.121. The molecular formula is C77H50IrN3O. The third kappa shape index (κ3) is 10.2. The summed E-state index contributed by atoms with van der Waals surface area (Å²) < 4.78 is 53.5. The molecule has 0 saturated heterocycles. The van der Waals surface area contributed by atoms with E-state index in [0.717, 1.165) is 128 Å². The van der Waals surface area contributed by atoms with Gasteiger partial charge in [-0.3, -0.25) is 0 Å². The molecule has 5 heteroatoms. The largest absolute Gasteiger partial charge is 3.00 e. The van der Waals surface area contributed by atoms with Crippen LogP contribution >= 0.6 is 0 Å². The molecule has 0 amide bonds. The van der Waals surface area contributed by atoms with Gasteiger partial charge in [-0.25, -0.2) is 0 Å². The van der Waals surface area contributed by atoms with Crippen molar-refractivity contribution in [2.75, 3.05) is 0 Å². The Labute approximate surface area is 500 Å². The molecule has 4 aromatic heterocycles. The van der Waals surface area contributed by atoms with Gasteiger partial charge in [0.1, 0.15) is 11.2 Å². The molecule has 0 radical (unpaired) electrons. The number of rotatable bonds is 11. The van der Waals surface area contributed by atoms with Crippen LogP contribution in [0, 0.1) is 31.9 Å². The molecule has 0 atom stereocenters. The Morgan fingerprint density at radius 1 is 0.317 bits per heavy atom. The summed E-state index contributed by atoms with van der Waals surface area (Å²) in [4.78, 5) is 13.8. The fourth-order valence-corrected chi connectivity index (χ4v) is 11.0. The fourth-order valence-electron chi connectivity index (χ4n) is 11.0. The summed E-state index contributed by atoms with van der Waals surface area (Å²) in [6.45, 7) is -4.50. The van der Waals surface area contributed by atoms with Gasteiger partial charge in [0, 0.05) is 37.6 Å². The van der Waals surface area contributed by atoms with Gasteiger partial charge in [-0.15, -0.1) is 89.5 Å². The Kier molecular flexibility index (Phi) is 12.2. The molecule has 388 valence electrons. The second-order valence-corrected chi connectivity index (χ2v) is 20.1. The van der Waals surface area contributed by atoms with E-state index in [0.29, 0.717) is 17.0 Å². The Bertz CT molecular complexity index is 4870. The van der Waals surface area contributed by atoms with Crippen LogP contribution in [0.2, 0.25) is 0 Å². The molecule has 10 aromatic carbocycles. The number of hydrogen-bond acceptors (Lipinski definition) is 4. The molecule has 4 nitrogen and oxygen atoms in total. The number of nitrogens with zero attached hydrogens (tertiary/aromatic N) is 3. The van der Waals surface area contributed by atoms with Gasteiger partial charge in [0.2, 0.25) is 0 Å². The van der Waals surface area contributed by atoms with E-state index in [-0.39, 0.29) is 31.2 Å². The zero-order chi connectivity index (χ0) is 59.2. The van der Waals surface area contributed by atoms with Crippen molar-refractivity contribution in [2.24, 2.45) is 0 Å². The average molecular weight is 1230 g/mol. The standard InChI is InChI=1S/C77H50N3O.Ir/c1-50-39-41-78-74(43-50)58-32-26-55(27-33-58)66-12-4-7-15-69(66)63-44-62(68-14-6-3-11-65(68)54-24-30-57(31-25-54)73-38-19-51(2)49-80-73)45-64(46-63)70-16-8-5-13-67(70)56-28-34-59(35-29-56)75-47-61(40-42-79-75)53-22-20-52(21-23-53)60-36-37-72-71-17-9-10-18-76(71)81-77(72)48-60;/h3-30,32,34,36-49H,1-2H3;/q-3;+3/i1D3,2D3;. The second-order valence-electron chi connectivity index (χ2n) is 20.1. The van der Waals surface area contributed by atoms with Crippen molar-refractivity contribution in [3.05, 3.63) is 297 Å². The van der Waals surface area contributed by atoms with Crippen LogP contribution in [0.1, 0.15) is 19.4 Å². The molecule has 0 aliphatic carbocycles. The molecule has 14 aromatic rings. The van der Waals surface area contributed by atoms with E-state index in [2.05, 4.69) is 186 Å². The minimum absolute atomic E-state index is 0. The topological polar surface area (TPSA) is 51.8 Å². The maximum absolute atomic E-state index is 7.97. The fraction of sp³-hybridized carbons (Fsp3) is 0.0260. The number of aryl methyl sites for hydroxylation is 2. The summed E-state index contributed by atoms with van der Waals surface area (Å²) in [7, 11) is 0. The Morgan fingerprint density at radius 3 is 1.26 bits per heavy atom. The molecule has 0 spiro atoms. The third-order valence-corrected chi connectivity index (χ3v) is 15.1. The summed E-state index contributed by atoms with van der Waals surface area (Å²) in [5.74, 6) is 0. The molecular weight excluding hydrogens is 1180 g/mol. The van der Waals surface area contributed by atoms with E-state index in [1.165, 1.54) is 18.5 Å². The number of hydrogen-bond donors (Lipinski definition) is 0. The van der Waals surface area contributed by atoms with Crippen molar-refractivity contribution < 1.29 is 32.7 Å². The molecule has 0 N–H and O–H groups in total. The van der Waals surface area contributed by atoms with Gasteiger partial charge < -0.3 is 19.4 Å². The van der Waals surface area contributed by atoms with E-state index < -0.39 is 13.7 Å². The number of pyridine rings is 3. The third-order valence-electron chi connectivity index (χ3n) is 15.1. The van der Waals surface area contributed by atoms with Gasteiger partial charge in [0.15, 0.2) is 0 Å². The maximum atomic E-state index is 7.97. The van der Waals surface area contributed by atoms with Crippen LogP contribution in [0.15, 0.2) is 272 Å². The van der Waals surface area contributed by atoms with Gasteiger partial charge in [-0.2, -0.15) is 0 Å². The van der Waals surface area contributed by atoms with Crippen LogP contribution in [-0.2, 0) is 20.1 Å². The molecule has 0 fully saturated rings. The van der Waals surface area contributed by atoms with E-state index in [1.54, 1.807) is 18.2 Å². The molecule has 0 aliphatic heterocycles. The predicted molar refractivity (Wildman–Crippen MR) is 333 cm³/mol. The van der Waals surface area contributed by atoms with E-state index in [4.69, 9.17) is 17.6 Å². The molecule has 0 saturated carbocycles. The van der Waals surface area contributed by atoms with E-state index in [1.807, 2.05) is 72.9 Å². The average Bonchev–Trinajstić information content (AvgIpc) is 1.89. The summed E-state index contributed by atoms with van der Waals surface area (Å²) in [5, 5.41) is 2.23. The minimum atomic E-state index is -2.26. The van der Waals surface area contributed by atoms with Gasteiger partial charge in [-0.05, 0) is 141 Å². The number of benzene rings is 10. The summed E-state index contributed by atoms with van der Waals surface area (Å²) in [6.07, 6.45) is 4.80. The van der Waals surface area contributed by atoms with Crippen LogP contribution in [0.25, 0.3) is 145 Å². The van der Waals surface area contributed by atoms with Crippen molar-refractivity contribution >= 4 is 21.9 Å². The van der Waals surface area contributed by atoms with Gasteiger partial charge in [0.05, 0.1) is 0 Å². The van der Waals surface area contributed by atoms with Crippen molar-refractivity contribution in [3.63, 3.8) is 0 Å². The summed E-state index contributed by atoms with van der Waals surface area (Å²) in [5.41, 5.74) is 22.9. The minimum Gasteiger partial charge on any atom is -0.456 e. The molecule has 14 rings (SSSR count). The Morgan fingerprint density at radius 2 is 0.756 bits per heavy atom. The first-order valence-electron chi connectivity index (χ1n) is 29.8. The normalized spacial score (nSPS) is 12.6. The zero-order valence-corrected chi connectivity index (χ0v) is 46.4. The van der Waals surface area contributed by atoms with Crippen LogP contribution in [0.4, 0.5) is 0 Å². The smallest absolute Gasteiger partial charge is 0.456 e. The number of para-hydroxylation sites is 1. The first-order chi connectivity index (χ1) is 42.3. The van der Waals surface area contributed by atoms with E-state index >= 15 is 0 Å². The van der Waals surface area contributed by atoms with Crippen molar-refractivity contribution in [1.29, 1.82) is 0 Å². The first-order valence-corrected chi connectivity index (χ1v) is 26.8. The Balaban J connectivity index is 0.00000714. The SMILES string of the molecule is [2H]C([2H])([2H])c1ccc(-c2[c-]cc(-c3ccccc3-c3cc(-c4ccccc4-c4c[c-]c(-c5cc(-c6ccc(-c7ccc8c(c7)oc7ccccc78)cc6)ccn5)cc4)cc(-c4ccccc4-c4c[c-]c(-c5cc(C([2H])([2H])[2H])ccn5)cc4)c3)cc2)nc1.[Ir+3]. The van der Waals surface area contributed by atoms with Crippen molar-refractivity contribution in [3.8, 4) is 123 Å². The van der Waals surface area contributed by atoms with Crippen molar-refractivity contribution in [2.45, 2.75) is 13.7 Å². The van der Waals surface area contributed by atoms with Crippen LogP contribution in [-0.4, -0.2) is 15.0 Å². The molecule has 0 aliphatic rings. The zero-order valence-electron chi connectivity index (χ0n) is 50.0. The summed E-state index contributed by atoms with van der Waals surface area (Å²) >= 11 is 0. The van der Waals surface area contributed by atoms with E-state index in [9.17, 15) is 0 Å². The second kappa shape index (κ2) is 22.3.